The Morgan fingerprint density at radius 3 is 2.36 bits per heavy atom. The molecule has 1 aliphatic carbocycles. The van der Waals surface area contributed by atoms with E-state index in [1.54, 1.807) is 0 Å². The van der Waals surface area contributed by atoms with Gasteiger partial charge in [0, 0.05) is 32.1 Å². The summed E-state index contributed by atoms with van der Waals surface area (Å²) < 4.78 is 0. The fourth-order valence-corrected chi connectivity index (χ4v) is 3.31. The van der Waals surface area contributed by atoms with Crippen LogP contribution in [0.4, 0.5) is 0 Å². The van der Waals surface area contributed by atoms with E-state index >= 15 is 0 Å². The van der Waals surface area contributed by atoms with Gasteiger partial charge in [-0.3, -0.25) is 4.79 Å². The van der Waals surface area contributed by atoms with E-state index in [9.17, 15) is 4.79 Å². The molecule has 0 N–H and O–H groups in total. The van der Waals surface area contributed by atoms with Crippen LogP contribution >= 0.6 is 0 Å². The fraction of sp³-hybridized carbons (Fsp3) is 0.909. The fourth-order valence-electron chi connectivity index (χ4n) is 3.31. The van der Waals surface area contributed by atoms with Gasteiger partial charge in [0.2, 0.25) is 5.91 Å². The minimum absolute atomic E-state index is 0.379. The molecule has 0 bridgehead atoms. The van der Waals surface area contributed by atoms with Gasteiger partial charge in [0.15, 0.2) is 0 Å². The zero-order valence-electron chi connectivity index (χ0n) is 8.83. The van der Waals surface area contributed by atoms with E-state index in [0.29, 0.717) is 17.2 Å². The predicted molar refractivity (Wildman–Crippen MR) is 53.9 cm³/mol. The zero-order chi connectivity index (χ0) is 9.76. The number of carbonyl (C=O) groups is 1. The van der Waals surface area contributed by atoms with Crippen molar-refractivity contribution in [2.45, 2.75) is 19.3 Å². The Bertz CT molecular complexity index is 258. The summed E-state index contributed by atoms with van der Waals surface area (Å²) in [5.74, 6) is 0.820. The Kier molecular flexibility index (Phi) is 1.69. The Labute approximate surface area is 85.1 Å². The first-order chi connectivity index (χ1) is 6.69. The maximum Gasteiger partial charge on any atom is 0.225 e. The molecule has 1 spiro atoms. The summed E-state index contributed by atoms with van der Waals surface area (Å²) in [6.45, 7) is 4.47. The average molecular weight is 194 g/mol. The minimum Gasteiger partial charge on any atom is -0.342 e. The second-order valence-corrected chi connectivity index (χ2v) is 5.46. The highest BCUT2D eigenvalue weighted by atomic mass is 16.2. The first-order valence-electron chi connectivity index (χ1n) is 5.66. The number of hydrogen-bond acceptors (Lipinski definition) is 2. The molecule has 0 aromatic rings. The summed E-state index contributed by atoms with van der Waals surface area (Å²) in [7, 11) is 2.16. The van der Waals surface area contributed by atoms with Gasteiger partial charge < -0.3 is 9.80 Å². The number of likely N-dealkylation sites (tertiary alicyclic amines) is 2. The Hall–Kier alpha value is -0.570. The molecule has 3 heteroatoms. The molecule has 0 atom stereocenters. The van der Waals surface area contributed by atoms with Crippen molar-refractivity contribution in [1.29, 1.82) is 0 Å². The minimum atomic E-state index is 0.379. The number of nitrogens with zero attached hydrogens (tertiary/aromatic N) is 2. The Morgan fingerprint density at radius 2 is 1.93 bits per heavy atom. The van der Waals surface area contributed by atoms with Crippen LogP contribution in [0.3, 0.4) is 0 Å². The van der Waals surface area contributed by atoms with Crippen LogP contribution in [-0.2, 0) is 4.79 Å². The van der Waals surface area contributed by atoms with Crippen molar-refractivity contribution in [1.82, 2.24) is 9.80 Å². The molecule has 1 amide bonds. The lowest BCUT2D eigenvalue weighted by Crippen LogP contribution is -2.63. The van der Waals surface area contributed by atoms with Gasteiger partial charge in [-0.15, -0.1) is 0 Å². The molecular formula is C11H18N2O. The molecule has 0 aromatic heterocycles. The lowest BCUT2D eigenvalue weighted by Gasteiger charge is -2.58. The lowest BCUT2D eigenvalue weighted by atomic mass is 9.57. The van der Waals surface area contributed by atoms with Gasteiger partial charge in [0.05, 0.1) is 0 Å². The van der Waals surface area contributed by atoms with Crippen molar-refractivity contribution in [2.75, 3.05) is 33.2 Å². The normalized spacial score (nSPS) is 30.8. The van der Waals surface area contributed by atoms with E-state index in [1.165, 1.54) is 19.5 Å². The molecule has 3 fully saturated rings. The van der Waals surface area contributed by atoms with Gasteiger partial charge in [-0.1, -0.05) is 0 Å². The van der Waals surface area contributed by atoms with E-state index in [4.69, 9.17) is 0 Å². The van der Waals surface area contributed by atoms with Crippen LogP contribution in [0.25, 0.3) is 0 Å². The van der Waals surface area contributed by atoms with E-state index in [-0.39, 0.29) is 0 Å². The van der Waals surface area contributed by atoms with Crippen LogP contribution in [0.15, 0.2) is 0 Å². The van der Waals surface area contributed by atoms with Crippen molar-refractivity contribution in [3.05, 3.63) is 0 Å². The first kappa shape index (κ1) is 8.72. The summed E-state index contributed by atoms with van der Waals surface area (Å²) in [4.78, 5) is 16.2. The van der Waals surface area contributed by atoms with E-state index < -0.39 is 0 Å². The van der Waals surface area contributed by atoms with Crippen LogP contribution < -0.4 is 0 Å². The molecule has 0 aromatic carbocycles. The van der Waals surface area contributed by atoms with Gasteiger partial charge >= 0.3 is 0 Å². The molecular weight excluding hydrogens is 176 g/mol. The molecule has 2 aliphatic heterocycles. The molecule has 0 radical (unpaired) electrons. The predicted octanol–water partition coefficient (Wildman–Crippen LogP) is 0.560. The third kappa shape index (κ3) is 1.11. The molecule has 3 rings (SSSR count). The molecule has 3 nitrogen and oxygen atoms in total. The molecule has 2 saturated heterocycles. The largest absolute Gasteiger partial charge is 0.342 e. The molecule has 3 aliphatic rings. The summed E-state index contributed by atoms with van der Waals surface area (Å²) in [6.07, 6.45) is 3.53. The number of amides is 1. The van der Waals surface area contributed by atoms with Crippen molar-refractivity contribution in [3.63, 3.8) is 0 Å². The monoisotopic (exact) mass is 194 g/mol. The number of rotatable bonds is 1. The van der Waals surface area contributed by atoms with Crippen LogP contribution in [0.2, 0.25) is 0 Å². The second kappa shape index (κ2) is 2.72. The molecule has 0 unspecified atom stereocenters. The molecule has 1 saturated carbocycles. The maximum absolute atomic E-state index is 11.8. The standard InChI is InChI=1S/C11H18N2O/c1-12-7-11(8-12)5-9(6-11)10(14)13-3-2-4-13/h9H,2-8H2,1H3. The number of hydrogen-bond donors (Lipinski definition) is 0. The summed E-state index contributed by atoms with van der Waals surface area (Å²) in [5, 5.41) is 0. The van der Waals surface area contributed by atoms with Gasteiger partial charge in [0.25, 0.3) is 0 Å². The molecule has 78 valence electrons. The smallest absolute Gasteiger partial charge is 0.225 e. The maximum atomic E-state index is 11.8. The van der Waals surface area contributed by atoms with Crippen molar-refractivity contribution in [3.8, 4) is 0 Å². The van der Waals surface area contributed by atoms with Gasteiger partial charge in [-0.2, -0.15) is 0 Å². The Morgan fingerprint density at radius 1 is 1.29 bits per heavy atom. The summed E-state index contributed by atoms with van der Waals surface area (Å²) in [6, 6.07) is 0. The van der Waals surface area contributed by atoms with Crippen molar-refractivity contribution < 1.29 is 4.79 Å². The van der Waals surface area contributed by atoms with Gasteiger partial charge in [-0.25, -0.2) is 0 Å². The molecule has 14 heavy (non-hydrogen) atoms. The van der Waals surface area contributed by atoms with Crippen LogP contribution in [0.1, 0.15) is 19.3 Å². The Balaban J connectivity index is 1.51. The van der Waals surface area contributed by atoms with Crippen LogP contribution in [0, 0.1) is 11.3 Å². The third-order valence-electron chi connectivity index (χ3n) is 4.09. The number of carbonyl (C=O) groups excluding carboxylic acids is 1. The van der Waals surface area contributed by atoms with E-state index in [2.05, 4.69) is 11.9 Å². The highest BCUT2D eigenvalue weighted by Gasteiger charge is 2.53. The van der Waals surface area contributed by atoms with E-state index in [0.717, 1.165) is 25.9 Å². The summed E-state index contributed by atoms with van der Waals surface area (Å²) in [5.41, 5.74) is 0.555. The van der Waals surface area contributed by atoms with Crippen LogP contribution in [0.5, 0.6) is 0 Å². The third-order valence-corrected chi connectivity index (χ3v) is 4.09. The topological polar surface area (TPSA) is 23.6 Å². The highest BCUT2D eigenvalue weighted by Crippen LogP contribution is 2.52. The van der Waals surface area contributed by atoms with Crippen molar-refractivity contribution in [2.24, 2.45) is 11.3 Å². The molecule has 2 heterocycles. The van der Waals surface area contributed by atoms with Gasteiger partial charge in [-0.05, 0) is 31.7 Å². The highest BCUT2D eigenvalue weighted by molar-refractivity contribution is 5.80. The average Bonchev–Trinajstić information content (AvgIpc) is 1.89. The SMILES string of the molecule is CN1CC2(CC(C(=O)N3CCC3)C2)C1. The second-order valence-electron chi connectivity index (χ2n) is 5.46. The lowest BCUT2D eigenvalue weighted by molar-refractivity contribution is -0.156. The zero-order valence-corrected chi connectivity index (χ0v) is 8.83. The van der Waals surface area contributed by atoms with Gasteiger partial charge in [0.1, 0.15) is 0 Å². The van der Waals surface area contributed by atoms with Crippen LogP contribution in [-0.4, -0.2) is 48.9 Å². The van der Waals surface area contributed by atoms with Crippen molar-refractivity contribution >= 4 is 5.91 Å². The summed E-state index contributed by atoms with van der Waals surface area (Å²) >= 11 is 0. The first-order valence-corrected chi connectivity index (χ1v) is 5.66. The van der Waals surface area contributed by atoms with E-state index in [1.807, 2.05) is 4.90 Å². The quantitative estimate of drug-likeness (QED) is 0.609.